The number of rotatable bonds is 56. The Balaban J connectivity index is 4.20. The monoisotopic (exact) mass is 1060 g/mol. The van der Waals surface area contributed by atoms with Gasteiger partial charge >= 0.3 is 7.82 Å². The van der Waals surface area contributed by atoms with Crippen molar-refractivity contribution in [1.82, 2.24) is 5.32 Å². The van der Waals surface area contributed by atoms with E-state index >= 15 is 0 Å². The second-order valence-electron chi connectivity index (χ2n) is 22.1. The fourth-order valence-corrected chi connectivity index (χ4v) is 9.55. The molecule has 9 heteroatoms. The Kier molecular flexibility index (Phi) is 53.7. The molecule has 0 aromatic rings. The van der Waals surface area contributed by atoms with Crippen LogP contribution in [0.5, 0.6) is 0 Å². The number of carbonyl (C=O) groups is 1. The molecule has 0 radical (unpaired) electrons. The van der Waals surface area contributed by atoms with Crippen molar-refractivity contribution in [3.8, 4) is 0 Å². The van der Waals surface area contributed by atoms with E-state index in [1.807, 2.05) is 27.2 Å². The summed E-state index contributed by atoms with van der Waals surface area (Å²) in [5.74, 6) is -0.182. The molecule has 3 atom stereocenters. The van der Waals surface area contributed by atoms with Gasteiger partial charge in [-0.2, -0.15) is 0 Å². The number of hydrogen-bond donors (Lipinski definition) is 3. The molecule has 3 unspecified atom stereocenters. The predicted octanol–water partition coefficient (Wildman–Crippen LogP) is 19.2. The Morgan fingerprint density at radius 2 is 0.811 bits per heavy atom. The predicted molar refractivity (Wildman–Crippen MR) is 323 cm³/mol. The van der Waals surface area contributed by atoms with Crippen LogP contribution in [0.2, 0.25) is 0 Å². The third-order valence-electron chi connectivity index (χ3n) is 13.6. The minimum Gasteiger partial charge on any atom is -0.387 e. The number of phosphoric ester groups is 1. The first-order valence-corrected chi connectivity index (χ1v) is 32.5. The molecule has 0 saturated heterocycles. The van der Waals surface area contributed by atoms with Crippen LogP contribution in [0.15, 0.2) is 85.1 Å². The van der Waals surface area contributed by atoms with E-state index in [0.29, 0.717) is 17.4 Å². The third-order valence-corrected chi connectivity index (χ3v) is 14.6. The summed E-state index contributed by atoms with van der Waals surface area (Å²) in [5.41, 5.74) is 0. The molecule has 3 N–H and O–H groups in total. The zero-order chi connectivity index (χ0) is 54.2. The molecule has 0 fully saturated rings. The van der Waals surface area contributed by atoms with Crippen molar-refractivity contribution in [3.63, 3.8) is 0 Å². The van der Waals surface area contributed by atoms with Gasteiger partial charge < -0.3 is 19.8 Å². The number of hydrogen-bond acceptors (Lipinski definition) is 5. The van der Waals surface area contributed by atoms with Crippen LogP contribution in [-0.4, -0.2) is 73.4 Å². The van der Waals surface area contributed by atoms with Gasteiger partial charge in [0.15, 0.2) is 0 Å². The highest BCUT2D eigenvalue weighted by Gasteiger charge is 2.27. The van der Waals surface area contributed by atoms with E-state index in [4.69, 9.17) is 9.05 Å². The molecule has 430 valence electrons. The number of likely N-dealkylation sites (N-methyl/N-ethyl adjacent to an activating group) is 1. The molecule has 0 aliphatic rings. The van der Waals surface area contributed by atoms with Gasteiger partial charge in [-0.1, -0.05) is 279 Å². The lowest BCUT2D eigenvalue weighted by Gasteiger charge is -2.25. The molecule has 0 aromatic carbocycles. The molecule has 74 heavy (non-hydrogen) atoms. The molecule has 0 aliphatic heterocycles. The summed E-state index contributed by atoms with van der Waals surface area (Å²) < 4.78 is 23.8. The molecule has 0 aliphatic carbocycles. The molecule has 0 aromatic heterocycles. The van der Waals surface area contributed by atoms with Gasteiger partial charge in [0.2, 0.25) is 5.91 Å². The van der Waals surface area contributed by atoms with Crippen molar-refractivity contribution in [2.24, 2.45) is 0 Å². The lowest BCUT2D eigenvalue weighted by molar-refractivity contribution is -0.870. The first kappa shape index (κ1) is 71.7. The maximum Gasteiger partial charge on any atom is 0.472 e. The lowest BCUT2D eigenvalue weighted by Crippen LogP contribution is -2.45. The van der Waals surface area contributed by atoms with Gasteiger partial charge in [-0.15, -0.1) is 0 Å². The second-order valence-corrected chi connectivity index (χ2v) is 23.5. The van der Waals surface area contributed by atoms with Gasteiger partial charge in [0, 0.05) is 6.42 Å². The van der Waals surface area contributed by atoms with Gasteiger partial charge in [0.05, 0.1) is 39.9 Å². The third kappa shape index (κ3) is 57.4. The van der Waals surface area contributed by atoms with Gasteiger partial charge in [-0.3, -0.25) is 13.8 Å². The first-order chi connectivity index (χ1) is 36.0. The van der Waals surface area contributed by atoms with E-state index in [0.717, 1.165) is 83.5 Å². The quantitative estimate of drug-likeness (QED) is 0.0243. The standard InChI is InChI=1S/C65H119N2O6P/c1-6-8-10-12-14-16-18-20-22-24-26-28-30-31-32-33-34-35-37-39-41-43-45-47-49-51-53-55-57-59-65(69)66-63(62-73-74(70,71)72-61-60-67(3,4)5)64(68)58-56-54-52-50-48-46-44-42-40-38-36-29-27-25-23-21-19-17-15-13-11-9-7-2/h8,10,14,16,20,22,26,28,31-32,34-35,56,58,63-64,68H,6-7,9,11-13,15,17-19,21,23-25,27,29-30,33,36-55,57,59-62H2,1-5H3,(H-,66,69,70,71)/p+1/b10-8-,16-14-,22-20-,28-26-,32-31-,35-34-,58-56+. The maximum absolute atomic E-state index is 13.0. The number of phosphoric acid groups is 1. The van der Waals surface area contributed by atoms with Crippen LogP contribution < -0.4 is 5.32 Å². The van der Waals surface area contributed by atoms with E-state index < -0.39 is 20.0 Å². The number of quaternary nitrogens is 1. The normalized spacial score (nSPS) is 14.4. The summed E-state index contributed by atoms with van der Waals surface area (Å²) in [4.78, 5) is 23.4. The Labute approximate surface area is 458 Å². The summed E-state index contributed by atoms with van der Waals surface area (Å²) in [7, 11) is 1.57. The largest absolute Gasteiger partial charge is 0.472 e. The van der Waals surface area contributed by atoms with Crippen LogP contribution in [0, 0.1) is 0 Å². The van der Waals surface area contributed by atoms with E-state index in [2.05, 4.69) is 92.1 Å². The van der Waals surface area contributed by atoms with Crippen molar-refractivity contribution in [1.29, 1.82) is 0 Å². The second kappa shape index (κ2) is 55.4. The van der Waals surface area contributed by atoms with Gasteiger partial charge in [0.1, 0.15) is 13.2 Å². The summed E-state index contributed by atoms with van der Waals surface area (Å²) in [6, 6.07) is -0.855. The lowest BCUT2D eigenvalue weighted by atomic mass is 10.0. The number of amides is 1. The molecule has 8 nitrogen and oxygen atoms in total. The highest BCUT2D eigenvalue weighted by molar-refractivity contribution is 7.47. The van der Waals surface area contributed by atoms with Crippen LogP contribution >= 0.6 is 7.82 Å². The molecule has 0 saturated carbocycles. The molecule has 0 heterocycles. The van der Waals surface area contributed by atoms with Crippen molar-refractivity contribution in [2.45, 2.75) is 283 Å². The van der Waals surface area contributed by atoms with Crippen LogP contribution in [-0.2, 0) is 18.4 Å². The van der Waals surface area contributed by atoms with Crippen molar-refractivity contribution in [3.05, 3.63) is 85.1 Å². The maximum atomic E-state index is 13.0. The fraction of sp³-hybridized carbons (Fsp3) is 0.769. The Morgan fingerprint density at radius 3 is 1.19 bits per heavy atom. The Morgan fingerprint density at radius 1 is 0.473 bits per heavy atom. The van der Waals surface area contributed by atoms with Crippen LogP contribution in [0.1, 0.15) is 271 Å². The van der Waals surface area contributed by atoms with Crippen LogP contribution in [0.3, 0.4) is 0 Å². The average molecular weight is 1060 g/mol. The number of nitrogens with one attached hydrogen (secondary N) is 1. The van der Waals surface area contributed by atoms with Gasteiger partial charge in [0.25, 0.3) is 0 Å². The van der Waals surface area contributed by atoms with Crippen molar-refractivity contribution < 1.29 is 32.9 Å². The smallest absolute Gasteiger partial charge is 0.387 e. The number of allylic oxidation sites excluding steroid dienone is 13. The van der Waals surface area contributed by atoms with Crippen LogP contribution in [0.25, 0.3) is 0 Å². The molecular formula is C65H120N2O6P+. The minimum absolute atomic E-state index is 0.0575. The summed E-state index contributed by atoms with van der Waals surface area (Å²) in [6.45, 7) is 4.72. The van der Waals surface area contributed by atoms with E-state index in [1.54, 1.807) is 6.08 Å². The van der Waals surface area contributed by atoms with Gasteiger partial charge in [-0.25, -0.2) is 4.57 Å². The number of unbranched alkanes of at least 4 members (excludes halogenated alkanes) is 31. The molecule has 1 amide bonds. The molecular weight excluding hydrogens is 936 g/mol. The average Bonchev–Trinajstić information content (AvgIpc) is 3.36. The molecule has 0 bridgehead atoms. The Hall–Kier alpha value is -2.32. The molecule has 0 rings (SSSR count). The topological polar surface area (TPSA) is 105 Å². The molecule has 0 spiro atoms. The fourth-order valence-electron chi connectivity index (χ4n) is 8.81. The summed E-state index contributed by atoms with van der Waals surface area (Å²) >= 11 is 0. The zero-order valence-electron chi connectivity index (χ0n) is 49.1. The highest BCUT2D eigenvalue weighted by atomic mass is 31.2. The summed E-state index contributed by atoms with van der Waals surface area (Å²) in [6.07, 6.45) is 78.3. The Bertz CT molecular complexity index is 1480. The highest BCUT2D eigenvalue weighted by Crippen LogP contribution is 2.43. The van der Waals surface area contributed by atoms with Crippen molar-refractivity contribution in [2.75, 3.05) is 40.9 Å². The van der Waals surface area contributed by atoms with E-state index in [1.165, 1.54) is 167 Å². The van der Waals surface area contributed by atoms with Crippen molar-refractivity contribution >= 4 is 13.7 Å². The van der Waals surface area contributed by atoms with Crippen LogP contribution in [0.4, 0.5) is 0 Å². The first-order valence-electron chi connectivity index (χ1n) is 31.0. The number of aliphatic hydroxyl groups excluding tert-OH is 1. The number of carbonyl (C=O) groups excluding carboxylic acids is 1. The zero-order valence-corrected chi connectivity index (χ0v) is 50.0. The van der Waals surface area contributed by atoms with Gasteiger partial charge in [-0.05, 0) is 70.6 Å². The number of nitrogens with zero attached hydrogens (tertiary/aromatic N) is 1. The SMILES string of the molecule is CC/C=C\C/C=C\C/C=C\C/C=C\C/C=C\C/C=C\CCCCCCCCCCCCC(=O)NC(COP(=O)(O)OCC[N+](C)(C)C)C(O)/C=C/CCCCCCCCCCCCCCCCCCCCCCC. The summed E-state index contributed by atoms with van der Waals surface area (Å²) in [5, 5.41) is 14.0. The minimum atomic E-state index is -4.36. The number of aliphatic hydroxyl groups is 1. The van der Waals surface area contributed by atoms with E-state index in [9.17, 15) is 19.4 Å². The van der Waals surface area contributed by atoms with E-state index in [-0.39, 0.29) is 19.1 Å².